The molecule has 0 saturated heterocycles. The first-order valence-electron chi connectivity index (χ1n) is 5.83. The zero-order valence-corrected chi connectivity index (χ0v) is 10.9. The molecule has 0 atom stereocenters. The minimum atomic E-state index is -4.81. The van der Waals surface area contributed by atoms with Gasteiger partial charge in [-0.25, -0.2) is 0 Å². The quantitative estimate of drug-likeness (QED) is 0.768. The summed E-state index contributed by atoms with van der Waals surface area (Å²) in [5, 5.41) is 8.99. The molecule has 0 heterocycles. The molecule has 0 bridgehead atoms. The van der Waals surface area contributed by atoms with Crippen LogP contribution in [-0.2, 0) is 0 Å². The van der Waals surface area contributed by atoms with Gasteiger partial charge in [0.05, 0.1) is 12.7 Å². The first-order valence-corrected chi connectivity index (χ1v) is 5.83. The fourth-order valence-electron chi connectivity index (χ4n) is 1.85. The molecule has 0 unspecified atom stereocenters. The van der Waals surface area contributed by atoms with E-state index in [0.29, 0.717) is 5.75 Å². The highest BCUT2D eigenvalue weighted by Crippen LogP contribution is 2.40. The molecule has 0 N–H and O–H groups in total. The summed E-state index contributed by atoms with van der Waals surface area (Å²) in [5.74, 6) is 0.0300. The van der Waals surface area contributed by atoms with Gasteiger partial charge in [0.2, 0.25) is 5.39 Å². The monoisotopic (exact) mass is 295 g/mol. The SMILES string of the molecule is COc1ccc([N+]#N)c(-c2ccccc2OC(F)(F)F)c1. The molecule has 2 rings (SSSR count). The van der Waals surface area contributed by atoms with E-state index in [1.165, 1.54) is 43.5 Å². The third-order valence-corrected chi connectivity index (χ3v) is 2.71. The first-order chi connectivity index (χ1) is 9.94. The normalized spacial score (nSPS) is 10.8. The maximum Gasteiger partial charge on any atom is 0.573 e. The van der Waals surface area contributed by atoms with Crippen LogP contribution in [0.4, 0.5) is 18.9 Å². The van der Waals surface area contributed by atoms with E-state index in [4.69, 9.17) is 10.1 Å². The van der Waals surface area contributed by atoms with Crippen molar-refractivity contribution in [2.24, 2.45) is 0 Å². The van der Waals surface area contributed by atoms with Gasteiger partial charge in [-0.05, 0) is 18.2 Å². The van der Waals surface area contributed by atoms with Gasteiger partial charge in [0.1, 0.15) is 11.5 Å². The first kappa shape index (κ1) is 14.7. The lowest BCUT2D eigenvalue weighted by atomic mass is 10.0. The molecule has 21 heavy (non-hydrogen) atoms. The zero-order chi connectivity index (χ0) is 15.5. The molecular weight excluding hydrogens is 285 g/mol. The second-order valence-electron chi connectivity index (χ2n) is 4.03. The van der Waals surface area contributed by atoms with Crippen molar-refractivity contribution in [3.63, 3.8) is 0 Å². The standard InChI is InChI=1S/C14H10F3N2O2/c1-20-9-6-7-12(19-18)11(8-9)10-4-2-3-5-13(10)21-14(15,16)17/h2-8H,1H3/q+1. The molecular formula is C14H10F3N2O2+. The summed E-state index contributed by atoms with van der Waals surface area (Å²) >= 11 is 0. The van der Waals surface area contributed by atoms with E-state index in [1.807, 2.05) is 0 Å². The number of diazo groups is 1. The van der Waals surface area contributed by atoms with Crippen LogP contribution in [0.2, 0.25) is 0 Å². The van der Waals surface area contributed by atoms with Crippen LogP contribution in [0.5, 0.6) is 11.5 Å². The molecule has 0 aliphatic rings. The number of para-hydroxylation sites is 1. The molecule has 0 aromatic heterocycles. The Labute approximate surface area is 118 Å². The predicted octanol–water partition coefficient (Wildman–Crippen LogP) is 4.75. The number of methoxy groups -OCH3 is 1. The van der Waals surface area contributed by atoms with E-state index >= 15 is 0 Å². The number of rotatable bonds is 3. The number of hydrogen-bond acceptors (Lipinski definition) is 3. The van der Waals surface area contributed by atoms with Gasteiger partial charge in [-0.15, -0.1) is 13.2 Å². The summed E-state index contributed by atoms with van der Waals surface area (Å²) in [5.41, 5.74) is 0.507. The fourth-order valence-corrected chi connectivity index (χ4v) is 1.85. The van der Waals surface area contributed by atoms with Gasteiger partial charge in [-0.3, -0.25) is 0 Å². The van der Waals surface area contributed by atoms with Crippen molar-refractivity contribution in [3.8, 4) is 22.6 Å². The van der Waals surface area contributed by atoms with Crippen molar-refractivity contribution in [2.75, 3.05) is 7.11 Å². The summed E-state index contributed by atoms with van der Waals surface area (Å²) in [6.07, 6.45) is -4.81. The van der Waals surface area contributed by atoms with Crippen LogP contribution in [0, 0.1) is 5.39 Å². The van der Waals surface area contributed by atoms with Crippen LogP contribution in [0.1, 0.15) is 0 Å². The van der Waals surface area contributed by atoms with E-state index in [2.05, 4.69) is 9.71 Å². The van der Waals surface area contributed by atoms with E-state index in [1.54, 1.807) is 6.07 Å². The summed E-state index contributed by atoms with van der Waals surface area (Å²) in [6.45, 7) is 0. The largest absolute Gasteiger partial charge is 0.573 e. The third kappa shape index (κ3) is 3.42. The Balaban J connectivity index is 2.59. The van der Waals surface area contributed by atoms with Crippen LogP contribution >= 0.6 is 0 Å². The van der Waals surface area contributed by atoms with Gasteiger partial charge in [0.25, 0.3) is 0 Å². The van der Waals surface area contributed by atoms with Gasteiger partial charge in [0, 0.05) is 11.6 Å². The molecule has 2 aromatic rings. The molecule has 0 saturated carbocycles. The minimum Gasteiger partial charge on any atom is -0.497 e. The second-order valence-corrected chi connectivity index (χ2v) is 4.03. The highest BCUT2D eigenvalue weighted by Gasteiger charge is 2.33. The molecule has 0 aliphatic carbocycles. The second kappa shape index (κ2) is 5.71. The van der Waals surface area contributed by atoms with E-state index < -0.39 is 6.36 Å². The average Bonchev–Trinajstić information content (AvgIpc) is 2.45. The number of ether oxygens (including phenoxy) is 2. The van der Waals surface area contributed by atoms with Crippen LogP contribution in [-0.4, -0.2) is 13.5 Å². The van der Waals surface area contributed by atoms with Gasteiger partial charge >= 0.3 is 12.0 Å². The third-order valence-electron chi connectivity index (χ3n) is 2.71. The number of benzene rings is 2. The highest BCUT2D eigenvalue weighted by molar-refractivity contribution is 5.83. The van der Waals surface area contributed by atoms with Crippen molar-refractivity contribution in [2.45, 2.75) is 6.36 Å². The molecule has 0 amide bonds. The summed E-state index contributed by atoms with van der Waals surface area (Å²) < 4.78 is 46.4. The van der Waals surface area contributed by atoms with Crippen LogP contribution < -0.4 is 9.47 Å². The van der Waals surface area contributed by atoms with Gasteiger partial charge in [-0.1, -0.05) is 18.2 Å². The Bertz CT molecular complexity index is 693. The Morgan fingerprint density at radius 1 is 1.05 bits per heavy atom. The fraction of sp³-hybridized carbons (Fsp3) is 0.143. The molecule has 2 aromatic carbocycles. The topological polar surface area (TPSA) is 46.6 Å². The van der Waals surface area contributed by atoms with Gasteiger partial charge in [0.15, 0.2) is 4.98 Å². The van der Waals surface area contributed by atoms with Crippen molar-refractivity contribution in [1.29, 1.82) is 5.39 Å². The van der Waals surface area contributed by atoms with E-state index in [-0.39, 0.29) is 22.6 Å². The summed E-state index contributed by atoms with van der Waals surface area (Å²) in [6, 6.07) is 10.0. The number of hydrogen-bond donors (Lipinski definition) is 0. The van der Waals surface area contributed by atoms with Gasteiger partial charge in [-0.2, -0.15) is 0 Å². The number of nitrogens with zero attached hydrogens (tertiary/aromatic N) is 2. The van der Waals surface area contributed by atoms with Crippen LogP contribution in [0.15, 0.2) is 42.5 Å². The molecule has 108 valence electrons. The molecule has 0 spiro atoms. The van der Waals surface area contributed by atoms with Crippen molar-refractivity contribution in [3.05, 3.63) is 47.4 Å². The van der Waals surface area contributed by atoms with E-state index in [0.717, 1.165) is 0 Å². The lowest BCUT2D eigenvalue weighted by Crippen LogP contribution is -2.17. The Morgan fingerprint density at radius 3 is 2.38 bits per heavy atom. The van der Waals surface area contributed by atoms with E-state index in [9.17, 15) is 13.2 Å². The molecule has 0 aliphatic heterocycles. The Morgan fingerprint density at radius 2 is 1.76 bits per heavy atom. The smallest absolute Gasteiger partial charge is 0.497 e. The molecule has 0 radical (unpaired) electrons. The van der Waals surface area contributed by atoms with Crippen molar-refractivity contribution < 1.29 is 22.6 Å². The van der Waals surface area contributed by atoms with Gasteiger partial charge < -0.3 is 9.47 Å². The maximum absolute atomic E-state index is 12.4. The summed E-state index contributed by atoms with van der Waals surface area (Å²) in [4.78, 5) is 3.07. The van der Waals surface area contributed by atoms with Crippen LogP contribution in [0.25, 0.3) is 16.1 Å². The lowest BCUT2D eigenvalue weighted by Gasteiger charge is -2.12. The minimum absolute atomic E-state index is 0.106. The molecule has 0 fully saturated rings. The summed E-state index contributed by atoms with van der Waals surface area (Å²) in [7, 11) is 1.42. The Kier molecular flexibility index (Phi) is 3.98. The predicted molar refractivity (Wildman–Crippen MR) is 69.9 cm³/mol. The van der Waals surface area contributed by atoms with Crippen molar-refractivity contribution in [1.82, 2.24) is 0 Å². The molecule has 4 nitrogen and oxygen atoms in total. The highest BCUT2D eigenvalue weighted by atomic mass is 19.4. The number of halogens is 3. The average molecular weight is 295 g/mol. The maximum atomic E-state index is 12.4. The van der Waals surface area contributed by atoms with Crippen LogP contribution in [0.3, 0.4) is 0 Å². The number of alkyl halides is 3. The van der Waals surface area contributed by atoms with Crippen molar-refractivity contribution >= 4 is 5.69 Å². The zero-order valence-electron chi connectivity index (χ0n) is 10.9. The molecule has 7 heteroatoms. The lowest BCUT2D eigenvalue weighted by molar-refractivity contribution is -0.274. The Hall–Kier alpha value is -2.75.